The predicted molar refractivity (Wildman–Crippen MR) is 162 cm³/mol. The lowest BCUT2D eigenvalue weighted by Gasteiger charge is -2.16. The number of hydrogen-bond acceptors (Lipinski definition) is 8. The van der Waals surface area contributed by atoms with Gasteiger partial charge in [0.25, 0.3) is 0 Å². The molecule has 0 aromatic carbocycles. The highest BCUT2D eigenvalue weighted by molar-refractivity contribution is 8.11. The van der Waals surface area contributed by atoms with Crippen LogP contribution in [0.25, 0.3) is 0 Å². The molecule has 0 aliphatic heterocycles. The van der Waals surface area contributed by atoms with Gasteiger partial charge in [0, 0.05) is 50.4 Å². The molecular formula is C22H32S8. The zero-order valence-corrected chi connectivity index (χ0v) is 24.9. The van der Waals surface area contributed by atoms with Gasteiger partial charge >= 0.3 is 0 Å². The minimum Gasteiger partial charge on any atom is -0.142 e. The second-order valence-corrected chi connectivity index (χ2v) is 13.1. The highest BCUT2D eigenvalue weighted by Crippen LogP contribution is 2.59. The molecule has 0 nitrogen and oxygen atoms in total. The molecule has 30 heavy (non-hydrogen) atoms. The monoisotopic (exact) mass is 552 g/mol. The summed E-state index contributed by atoms with van der Waals surface area (Å²) in [7, 11) is 0. The molecule has 0 amide bonds. The fourth-order valence-electron chi connectivity index (χ4n) is 2.93. The summed E-state index contributed by atoms with van der Waals surface area (Å²) in [5, 5.41) is 0. The molecule has 0 saturated heterocycles. The number of thioether (sulfide) groups is 4. The molecule has 0 fully saturated rings. The smallest absolute Gasteiger partial charge is 0.0362 e. The van der Waals surface area contributed by atoms with Crippen molar-refractivity contribution in [3.8, 4) is 0 Å². The van der Waals surface area contributed by atoms with E-state index in [1.807, 2.05) is 47.0 Å². The molecular weight excluding hydrogens is 521 g/mol. The fourth-order valence-corrected chi connectivity index (χ4v) is 9.29. The largest absolute Gasteiger partial charge is 0.142 e. The second kappa shape index (κ2) is 14.0. The first kappa shape index (κ1) is 27.7. The van der Waals surface area contributed by atoms with E-state index >= 15 is 0 Å². The summed E-state index contributed by atoms with van der Waals surface area (Å²) in [6, 6.07) is 0. The molecule has 2 aliphatic rings. The van der Waals surface area contributed by atoms with Gasteiger partial charge in [-0.3, -0.25) is 0 Å². The normalized spacial score (nSPS) is 17.6. The summed E-state index contributed by atoms with van der Waals surface area (Å²) in [6.07, 6.45) is 4.65. The summed E-state index contributed by atoms with van der Waals surface area (Å²) in [4.78, 5) is 9.19. The minimum absolute atomic E-state index is 0.825. The summed E-state index contributed by atoms with van der Waals surface area (Å²) >= 11 is 27.1. The van der Waals surface area contributed by atoms with E-state index in [4.69, 9.17) is 25.3 Å². The Hall–Kier alpha value is 1.50. The van der Waals surface area contributed by atoms with Crippen molar-refractivity contribution in [2.24, 2.45) is 0 Å². The molecule has 2 rings (SSSR count). The molecule has 2 aliphatic carbocycles. The van der Waals surface area contributed by atoms with Crippen molar-refractivity contribution in [1.29, 1.82) is 0 Å². The summed E-state index contributed by atoms with van der Waals surface area (Å²) in [5.41, 5.74) is 2.42. The lowest BCUT2D eigenvalue weighted by atomic mass is 10.1. The molecule has 0 heterocycles. The maximum Gasteiger partial charge on any atom is 0.0362 e. The van der Waals surface area contributed by atoms with E-state index in [9.17, 15) is 0 Å². The topological polar surface area (TPSA) is 0 Å². The molecule has 0 unspecified atom stereocenters. The van der Waals surface area contributed by atoms with Gasteiger partial charge in [-0.2, -0.15) is 0 Å². The van der Waals surface area contributed by atoms with E-state index < -0.39 is 0 Å². The highest BCUT2D eigenvalue weighted by Gasteiger charge is 2.36. The van der Waals surface area contributed by atoms with Crippen molar-refractivity contribution in [2.75, 3.05) is 23.0 Å². The van der Waals surface area contributed by atoms with Gasteiger partial charge < -0.3 is 0 Å². The van der Waals surface area contributed by atoms with Crippen LogP contribution in [0.2, 0.25) is 0 Å². The van der Waals surface area contributed by atoms with Crippen LogP contribution in [0.3, 0.4) is 0 Å². The van der Waals surface area contributed by atoms with Crippen LogP contribution in [0.5, 0.6) is 0 Å². The van der Waals surface area contributed by atoms with Crippen LogP contribution in [-0.2, 0) is 0 Å². The molecule has 0 saturated carbocycles. The molecule has 0 aromatic rings. The van der Waals surface area contributed by atoms with Gasteiger partial charge in [-0.1, -0.05) is 27.7 Å². The Morgan fingerprint density at radius 1 is 0.433 bits per heavy atom. The first-order chi connectivity index (χ1) is 14.4. The second-order valence-electron chi connectivity index (χ2n) is 6.85. The van der Waals surface area contributed by atoms with Crippen LogP contribution < -0.4 is 0 Å². The van der Waals surface area contributed by atoms with Crippen LogP contribution in [0.1, 0.15) is 53.4 Å². The maximum atomic E-state index is 4.87. The summed E-state index contributed by atoms with van der Waals surface area (Å²) in [6.45, 7) is 9.03. The Morgan fingerprint density at radius 3 is 1.03 bits per heavy atom. The third-order valence-corrected chi connectivity index (χ3v) is 12.2. The molecule has 8 heteroatoms. The van der Waals surface area contributed by atoms with Crippen LogP contribution in [0, 0.1) is 0 Å². The summed E-state index contributed by atoms with van der Waals surface area (Å²) in [5.74, 6) is 4.49. The van der Waals surface area contributed by atoms with E-state index in [0.29, 0.717) is 0 Å². The van der Waals surface area contributed by atoms with E-state index in [1.54, 1.807) is 0 Å². The van der Waals surface area contributed by atoms with Gasteiger partial charge in [-0.25, -0.2) is 0 Å². The van der Waals surface area contributed by atoms with Gasteiger partial charge in [-0.05, 0) is 48.7 Å². The zero-order chi connectivity index (χ0) is 22.3. The van der Waals surface area contributed by atoms with Crippen molar-refractivity contribution in [2.45, 2.75) is 53.4 Å². The van der Waals surface area contributed by atoms with Crippen LogP contribution >= 0.6 is 97.6 Å². The fraction of sp³-hybridized carbons (Fsp3) is 0.545. The van der Waals surface area contributed by atoms with Gasteiger partial charge in [0.15, 0.2) is 0 Å². The lowest BCUT2D eigenvalue weighted by molar-refractivity contribution is 1.11. The first-order valence-corrected chi connectivity index (χ1v) is 16.2. The molecule has 168 valence electrons. The van der Waals surface area contributed by atoms with Crippen molar-refractivity contribution < 1.29 is 0 Å². The molecule has 0 bridgehead atoms. The Labute approximate surface area is 222 Å². The van der Waals surface area contributed by atoms with E-state index in [1.165, 1.54) is 38.0 Å². The van der Waals surface area contributed by atoms with Crippen LogP contribution in [0.4, 0.5) is 0 Å². The van der Waals surface area contributed by atoms with Crippen molar-refractivity contribution in [3.63, 3.8) is 0 Å². The van der Waals surface area contributed by atoms with Crippen molar-refractivity contribution in [1.82, 2.24) is 0 Å². The van der Waals surface area contributed by atoms with Gasteiger partial charge in [-0.15, -0.1) is 97.6 Å². The molecule has 0 radical (unpaired) electrons. The minimum atomic E-state index is 0.825. The Bertz CT molecular complexity index is 734. The first-order valence-electron chi connectivity index (χ1n) is 10.4. The Morgan fingerprint density at radius 2 is 0.733 bits per heavy atom. The third kappa shape index (κ3) is 6.34. The molecule has 0 atom stereocenters. The third-order valence-electron chi connectivity index (χ3n) is 4.27. The maximum absolute atomic E-state index is 4.87. The molecule has 0 spiro atoms. The van der Waals surface area contributed by atoms with Crippen LogP contribution in [0.15, 0.2) is 50.4 Å². The summed E-state index contributed by atoms with van der Waals surface area (Å²) < 4.78 is 0. The number of rotatable bonds is 12. The van der Waals surface area contributed by atoms with E-state index in [0.717, 1.165) is 61.0 Å². The van der Waals surface area contributed by atoms with Crippen molar-refractivity contribution >= 4 is 97.6 Å². The molecule has 0 aromatic heterocycles. The Kier molecular flexibility index (Phi) is 13.0. The zero-order valence-electron chi connectivity index (χ0n) is 18.1. The van der Waals surface area contributed by atoms with Gasteiger partial charge in [0.1, 0.15) is 0 Å². The van der Waals surface area contributed by atoms with Crippen LogP contribution in [-0.4, -0.2) is 23.0 Å². The predicted octanol–water partition coefficient (Wildman–Crippen LogP) is 9.45. The molecule has 0 N–H and O–H groups in total. The average molecular weight is 553 g/mol. The lowest BCUT2D eigenvalue weighted by Crippen LogP contribution is -1.96. The standard InChI is InChI=1S/C22H32S8/c1-5-9-27-19-14(13-15(23)17(25)18(26)16(13)24)20(28-10-6-2)22(30-12-8-4)21(19)29-11-7-3/h23-26H,5-12H2,1-4H3. The number of thiol groups is 4. The quantitative estimate of drug-likeness (QED) is 0.178. The van der Waals surface area contributed by atoms with Gasteiger partial charge in [0.05, 0.1) is 0 Å². The van der Waals surface area contributed by atoms with E-state index in [-0.39, 0.29) is 0 Å². The average Bonchev–Trinajstić information content (AvgIpc) is 3.12. The Balaban J connectivity index is 2.79. The number of allylic oxidation sites excluding steroid dienone is 4. The van der Waals surface area contributed by atoms with Crippen molar-refractivity contribution in [3.05, 3.63) is 50.4 Å². The SMILES string of the molecule is CCCSC1=C(SCCC)C(=C2C(S)=C(S)C(S)=C2S)C(SCCC)=C1SCCC. The highest BCUT2D eigenvalue weighted by atomic mass is 32.2. The van der Waals surface area contributed by atoms with Gasteiger partial charge in [0.2, 0.25) is 0 Å². The van der Waals surface area contributed by atoms with E-state index in [2.05, 4.69) is 53.0 Å². The number of hydrogen-bond donors (Lipinski definition) is 4.